The summed E-state index contributed by atoms with van der Waals surface area (Å²) in [5, 5.41) is 0. The Labute approximate surface area is 229 Å². The minimum absolute atomic E-state index is 0.241. The Balaban J connectivity index is 1.56. The molecule has 3 aliphatic rings. The van der Waals surface area contributed by atoms with Crippen LogP contribution < -0.4 is 9.64 Å². The third kappa shape index (κ3) is 3.17. The summed E-state index contributed by atoms with van der Waals surface area (Å²) in [6, 6.07) is 17.3. The summed E-state index contributed by atoms with van der Waals surface area (Å²) >= 11 is 7.06. The van der Waals surface area contributed by atoms with Crippen molar-refractivity contribution in [2.75, 3.05) is 32.6 Å². The Morgan fingerprint density at radius 3 is 2.55 bits per heavy atom. The van der Waals surface area contributed by atoms with Crippen molar-refractivity contribution in [1.82, 2.24) is 14.8 Å². The van der Waals surface area contributed by atoms with Gasteiger partial charge in [-0.1, -0.05) is 42.2 Å². The number of hydrogen-bond acceptors (Lipinski definition) is 7. The number of benzene rings is 2. The van der Waals surface area contributed by atoms with E-state index in [1.54, 1.807) is 31.3 Å². The van der Waals surface area contributed by atoms with E-state index in [0.29, 0.717) is 33.6 Å². The molecule has 194 valence electrons. The predicted octanol–water partition coefficient (Wildman–Crippen LogP) is 3.93. The second-order valence-electron chi connectivity index (χ2n) is 9.77. The fraction of sp³-hybridized carbons (Fsp3) is 0.286. The molecule has 3 atom stereocenters. The number of pyridine rings is 1. The maximum atomic E-state index is 14.8. The zero-order valence-electron chi connectivity index (χ0n) is 21.1. The summed E-state index contributed by atoms with van der Waals surface area (Å²) < 4.78 is 19.0. The van der Waals surface area contributed by atoms with E-state index in [-0.39, 0.29) is 18.4 Å². The molecule has 7 nitrogen and oxygen atoms in total. The average Bonchev–Trinajstić information content (AvgIpc) is 3.43. The Bertz CT molecular complexity index is 1470. The van der Waals surface area contributed by atoms with Gasteiger partial charge >= 0.3 is 0 Å². The van der Waals surface area contributed by atoms with E-state index >= 15 is 0 Å². The lowest BCUT2D eigenvalue weighted by molar-refractivity contribution is -0.139. The number of carbonyl (C=O) groups is 2. The maximum absolute atomic E-state index is 14.8. The quantitative estimate of drug-likeness (QED) is 0.458. The van der Waals surface area contributed by atoms with Crippen LogP contribution in [0.4, 0.5) is 10.1 Å². The largest absolute Gasteiger partial charge is 0.497 e. The predicted molar refractivity (Wildman–Crippen MR) is 148 cm³/mol. The van der Waals surface area contributed by atoms with Crippen LogP contribution in [-0.4, -0.2) is 63.4 Å². The maximum Gasteiger partial charge on any atom is 0.254 e. The number of halogens is 1. The van der Waals surface area contributed by atoms with Gasteiger partial charge in [0.2, 0.25) is 5.91 Å². The molecule has 0 saturated carbocycles. The highest BCUT2D eigenvalue weighted by Gasteiger charge is 2.78. The summed E-state index contributed by atoms with van der Waals surface area (Å²) in [5.74, 6) is -0.795. The molecule has 2 saturated heterocycles. The molecule has 1 aromatic heterocycles. The van der Waals surface area contributed by atoms with Gasteiger partial charge in [-0.2, -0.15) is 0 Å². The molecule has 4 heterocycles. The lowest BCUT2D eigenvalue weighted by Crippen LogP contribution is -2.62. The SMILES string of the molecule is COc1ccc(CN2C(=O)[C@@]3(SC2=S)[C@H](c2ccccn2)CN(C)[C@]32C(=O)N(C)c3ccc(F)cc32)cc1. The number of anilines is 1. The molecule has 6 rings (SSSR count). The summed E-state index contributed by atoms with van der Waals surface area (Å²) in [6.07, 6.45) is 1.68. The molecular weight excluding hydrogens is 523 g/mol. The molecule has 0 unspecified atom stereocenters. The monoisotopic (exact) mass is 548 g/mol. The number of hydrogen-bond donors (Lipinski definition) is 0. The second-order valence-corrected chi connectivity index (χ2v) is 11.6. The van der Waals surface area contributed by atoms with Crippen molar-refractivity contribution in [1.29, 1.82) is 0 Å². The lowest BCUT2D eigenvalue weighted by atomic mass is 9.72. The van der Waals surface area contributed by atoms with Gasteiger partial charge in [-0.3, -0.25) is 24.4 Å². The van der Waals surface area contributed by atoms with Gasteiger partial charge in [-0.05, 0) is 55.1 Å². The first-order valence-corrected chi connectivity index (χ1v) is 13.4. The number of carbonyl (C=O) groups excluding carboxylic acids is 2. The van der Waals surface area contributed by atoms with Crippen molar-refractivity contribution in [3.05, 3.63) is 89.5 Å². The number of likely N-dealkylation sites (tertiary alicyclic amines) is 1. The molecule has 2 aromatic carbocycles. The van der Waals surface area contributed by atoms with Crippen molar-refractivity contribution >= 4 is 45.8 Å². The van der Waals surface area contributed by atoms with Gasteiger partial charge in [0.25, 0.3) is 5.91 Å². The Morgan fingerprint density at radius 2 is 1.87 bits per heavy atom. The molecule has 10 heteroatoms. The number of amides is 2. The number of thiocarbonyl (C=S) groups is 1. The third-order valence-corrected chi connectivity index (χ3v) is 9.90. The van der Waals surface area contributed by atoms with Crippen LogP contribution in [0.1, 0.15) is 22.7 Å². The van der Waals surface area contributed by atoms with E-state index in [1.165, 1.54) is 28.8 Å². The van der Waals surface area contributed by atoms with Gasteiger partial charge in [0.15, 0.2) is 5.54 Å². The molecule has 2 fully saturated rings. The molecule has 0 aliphatic carbocycles. The van der Waals surface area contributed by atoms with Gasteiger partial charge in [-0.15, -0.1) is 0 Å². The first kappa shape index (κ1) is 25.0. The van der Waals surface area contributed by atoms with Gasteiger partial charge < -0.3 is 9.64 Å². The fourth-order valence-corrected chi connectivity index (χ4v) is 8.37. The van der Waals surface area contributed by atoms with Crippen molar-refractivity contribution in [3.63, 3.8) is 0 Å². The van der Waals surface area contributed by atoms with Crippen LogP contribution in [-0.2, 0) is 21.7 Å². The van der Waals surface area contributed by atoms with Crippen molar-refractivity contribution < 1.29 is 18.7 Å². The number of methoxy groups -OCH3 is 1. The summed E-state index contributed by atoms with van der Waals surface area (Å²) in [5.41, 5.74) is 1.14. The molecule has 2 amide bonds. The van der Waals surface area contributed by atoms with Crippen LogP contribution in [0.2, 0.25) is 0 Å². The molecule has 0 N–H and O–H groups in total. The second kappa shape index (κ2) is 8.86. The highest BCUT2D eigenvalue weighted by molar-refractivity contribution is 8.25. The highest BCUT2D eigenvalue weighted by Crippen LogP contribution is 2.66. The molecule has 38 heavy (non-hydrogen) atoms. The molecule has 0 radical (unpaired) electrons. The van der Waals surface area contributed by atoms with E-state index in [9.17, 15) is 14.0 Å². The van der Waals surface area contributed by atoms with Crippen LogP contribution in [0.25, 0.3) is 0 Å². The van der Waals surface area contributed by atoms with Gasteiger partial charge in [0.1, 0.15) is 20.6 Å². The van der Waals surface area contributed by atoms with Crippen LogP contribution in [0.5, 0.6) is 5.75 Å². The van der Waals surface area contributed by atoms with Crippen molar-refractivity contribution in [2.24, 2.45) is 0 Å². The highest BCUT2D eigenvalue weighted by atomic mass is 32.2. The van der Waals surface area contributed by atoms with Crippen molar-refractivity contribution in [3.8, 4) is 5.75 Å². The summed E-state index contributed by atoms with van der Waals surface area (Å²) in [6.45, 7) is 0.607. The van der Waals surface area contributed by atoms with Crippen LogP contribution in [0, 0.1) is 5.82 Å². The number of thioether (sulfide) groups is 1. The molecular formula is C28H25FN4O3S2. The molecule has 3 aromatic rings. The number of fused-ring (bicyclic) bond motifs is 3. The lowest BCUT2D eigenvalue weighted by Gasteiger charge is -2.42. The molecule has 3 aliphatic heterocycles. The topological polar surface area (TPSA) is 66.0 Å². The first-order chi connectivity index (χ1) is 18.3. The zero-order valence-corrected chi connectivity index (χ0v) is 22.7. The normalized spacial score (nSPS) is 26.7. The van der Waals surface area contributed by atoms with Crippen LogP contribution >= 0.6 is 24.0 Å². The number of rotatable bonds is 4. The van der Waals surface area contributed by atoms with E-state index < -0.39 is 22.0 Å². The average molecular weight is 549 g/mol. The number of nitrogens with zero attached hydrogens (tertiary/aromatic N) is 4. The van der Waals surface area contributed by atoms with Crippen LogP contribution in [0.3, 0.4) is 0 Å². The smallest absolute Gasteiger partial charge is 0.254 e. The molecule has 0 bridgehead atoms. The minimum atomic E-state index is -1.47. The van der Waals surface area contributed by atoms with E-state index in [0.717, 1.165) is 5.56 Å². The first-order valence-electron chi connectivity index (χ1n) is 12.1. The molecule has 2 spiro atoms. The van der Waals surface area contributed by atoms with E-state index in [2.05, 4.69) is 4.98 Å². The van der Waals surface area contributed by atoms with Gasteiger partial charge in [0.05, 0.1) is 13.7 Å². The Hall–Kier alpha value is -3.34. The number of likely N-dealkylation sites (N-methyl/N-ethyl adjacent to an activating group) is 2. The Morgan fingerprint density at radius 1 is 1.11 bits per heavy atom. The van der Waals surface area contributed by atoms with E-state index in [4.69, 9.17) is 17.0 Å². The van der Waals surface area contributed by atoms with Gasteiger partial charge in [-0.25, -0.2) is 4.39 Å². The van der Waals surface area contributed by atoms with E-state index in [1.807, 2.05) is 54.4 Å². The summed E-state index contributed by atoms with van der Waals surface area (Å²) in [7, 11) is 5.08. The number of aromatic nitrogens is 1. The fourth-order valence-electron chi connectivity index (χ4n) is 6.26. The van der Waals surface area contributed by atoms with Crippen molar-refractivity contribution in [2.45, 2.75) is 22.7 Å². The van der Waals surface area contributed by atoms with Crippen LogP contribution in [0.15, 0.2) is 66.9 Å². The minimum Gasteiger partial charge on any atom is -0.497 e. The standard InChI is InChI=1S/C28H25FN4O3S2/c1-31-16-21(22-6-4-5-13-30-22)28(27(31)20-14-18(29)9-12-23(20)32(2)24(27)34)25(35)33(26(37)38-28)15-17-7-10-19(36-3)11-8-17/h4-14,21H,15-16H2,1-3H3/t21-,27+,28-/m0/s1. The Kier molecular flexibility index (Phi) is 5.82. The van der Waals surface area contributed by atoms with Gasteiger partial charge in [0, 0.05) is 42.7 Å². The zero-order chi connectivity index (χ0) is 26.8. The third-order valence-electron chi connectivity index (χ3n) is 7.96. The number of ether oxygens (including phenoxy) is 1. The summed E-state index contributed by atoms with van der Waals surface area (Å²) in [4.78, 5) is 38.7.